The molecule has 3 heteroatoms. The minimum Gasteiger partial charge on any atom is -0.364 e. The van der Waals surface area contributed by atoms with Crippen molar-refractivity contribution in [3.63, 3.8) is 0 Å². The third kappa shape index (κ3) is 2.74. The summed E-state index contributed by atoms with van der Waals surface area (Å²) in [7, 11) is 0.389. The van der Waals surface area contributed by atoms with Gasteiger partial charge < -0.3 is 9.84 Å². The fourth-order valence-electron chi connectivity index (χ4n) is 7.55. The van der Waals surface area contributed by atoms with E-state index in [4.69, 9.17) is 4.74 Å². The SMILES string of the molecule is CC1(OC(O)C2([S+]3CCCCC3)CCCC2)C2CC3CC(C2)CC1C3. The van der Waals surface area contributed by atoms with E-state index in [0.717, 1.165) is 11.8 Å². The van der Waals surface area contributed by atoms with E-state index in [1.54, 1.807) is 0 Å². The minimum absolute atomic E-state index is 0.0401. The Morgan fingerprint density at radius 2 is 1.40 bits per heavy atom. The van der Waals surface area contributed by atoms with Crippen molar-refractivity contribution in [2.75, 3.05) is 11.5 Å². The summed E-state index contributed by atoms with van der Waals surface area (Å²) in [6.07, 6.45) is 15.7. The van der Waals surface area contributed by atoms with Gasteiger partial charge in [0.1, 0.15) is 11.5 Å². The molecule has 0 aromatic carbocycles. The molecule has 0 aromatic rings. The van der Waals surface area contributed by atoms with Crippen LogP contribution in [0, 0.1) is 23.7 Å². The van der Waals surface area contributed by atoms with Crippen LogP contribution in [-0.4, -0.2) is 33.3 Å². The number of rotatable bonds is 4. The first-order valence-electron chi connectivity index (χ1n) is 11.1. The van der Waals surface area contributed by atoms with Crippen LogP contribution in [0.3, 0.4) is 0 Å². The molecule has 6 aliphatic rings. The first kappa shape index (κ1) is 17.4. The van der Waals surface area contributed by atoms with Crippen LogP contribution >= 0.6 is 0 Å². The van der Waals surface area contributed by atoms with Crippen LogP contribution in [0.2, 0.25) is 0 Å². The fraction of sp³-hybridized carbons (Fsp3) is 1.00. The lowest BCUT2D eigenvalue weighted by molar-refractivity contribution is -0.269. The molecule has 5 aliphatic carbocycles. The Hall–Kier alpha value is 0.270. The van der Waals surface area contributed by atoms with E-state index in [9.17, 15) is 5.11 Å². The molecule has 5 saturated carbocycles. The molecule has 1 atom stereocenters. The van der Waals surface area contributed by atoms with E-state index in [0.29, 0.717) is 22.7 Å². The summed E-state index contributed by atoms with van der Waals surface area (Å²) in [5.74, 6) is 6.08. The Morgan fingerprint density at radius 3 is 1.96 bits per heavy atom. The molecule has 1 aliphatic heterocycles. The molecule has 0 amide bonds. The van der Waals surface area contributed by atoms with Gasteiger partial charge in [-0.3, -0.25) is 0 Å². The topological polar surface area (TPSA) is 29.5 Å². The molecule has 2 nitrogen and oxygen atoms in total. The van der Waals surface area contributed by atoms with Gasteiger partial charge in [-0.05, 0) is 106 Å². The van der Waals surface area contributed by atoms with E-state index >= 15 is 0 Å². The van der Waals surface area contributed by atoms with E-state index in [1.807, 2.05) is 0 Å². The molecule has 1 saturated heterocycles. The highest BCUT2D eigenvalue weighted by molar-refractivity contribution is 7.98. The Kier molecular flexibility index (Phi) is 4.46. The van der Waals surface area contributed by atoms with Crippen molar-refractivity contribution in [1.29, 1.82) is 0 Å². The molecule has 1 N–H and O–H groups in total. The highest BCUT2D eigenvalue weighted by Crippen LogP contribution is 2.60. The Morgan fingerprint density at radius 1 is 0.840 bits per heavy atom. The average Bonchev–Trinajstić information content (AvgIpc) is 3.11. The molecule has 6 fully saturated rings. The van der Waals surface area contributed by atoms with Gasteiger partial charge in [0, 0.05) is 12.8 Å². The van der Waals surface area contributed by atoms with Gasteiger partial charge in [0.05, 0.1) is 5.60 Å². The number of hydrogen-bond acceptors (Lipinski definition) is 2. The van der Waals surface area contributed by atoms with E-state index in [-0.39, 0.29) is 10.3 Å². The minimum atomic E-state index is -0.501. The Labute approximate surface area is 156 Å². The highest BCUT2D eigenvalue weighted by atomic mass is 32.2. The smallest absolute Gasteiger partial charge is 0.206 e. The molecular formula is C22H37O2S+. The molecule has 0 aromatic heterocycles. The van der Waals surface area contributed by atoms with Gasteiger partial charge >= 0.3 is 0 Å². The number of aliphatic hydroxyl groups is 1. The second kappa shape index (κ2) is 6.41. The van der Waals surface area contributed by atoms with E-state index < -0.39 is 6.29 Å². The van der Waals surface area contributed by atoms with Gasteiger partial charge in [-0.15, -0.1) is 0 Å². The molecule has 25 heavy (non-hydrogen) atoms. The maximum absolute atomic E-state index is 11.5. The number of hydrogen-bond donors (Lipinski definition) is 1. The van der Waals surface area contributed by atoms with E-state index in [1.165, 1.54) is 88.6 Å². The first-order valence-corrected chi connectivity index (χ1v) is 12.7. The summed E-state index contributed by atoms with van der Waals surface area (Å²) in [4.78, 5) is 0. The van der Waals surface area contributed by atoms with Gasteiger partial charge in [-0.25, -0.2) is 0 Å². The maximum atomic E-state index is 11.5. The van der Waals surface area contributed by atoms with Gasteiger partial charge in [0.15, 0.2) is 4.75 Å². The monoisotopic (exact) mass is 365 g/mol. The van der Waals surface area contributed by atoms with Gasteiger partial charge in [0.2, 0.25) is 6.29 Å². The molecular weight excluding hydrogens is 328 g/mol. The summed E-state index contributed by atoms with van der Waals surface area (Å²) in [5, 5.41) is 11.5. The molecule has 6 rings (SSSR count). The molecule has 0 spiro atoms. The second-order valence-corrected chi connectivity index (χ2v) is 12.8. The second-order valence-electron chi connectivity index (χ2n) is 10.2. The zero-order chi connectivity index (χ0) is 17.1. The van der Waals surface area contributed by atoms with Crippen LogP contribution in [-0.2, 0) is 15.6 Å². The average molecular weight is 366 g/mol. The summed E-state index contributed by atoms with van der Waals surface area (Å²) in [6, 6.07) is 0. The van der Waals surface area contributed by atoms with Gasteiger partial charge in [-0.1, -0.05) is 0 Å². The predicted molar refractivity (Wildman–Crippen MR) is 105 cm³/mol. The van der Waals surface area contributed by atoms with Crippen molar-refractivity contribution >= 4 is 10.9 Å². The predicted octanol–water partition coefficient (Wildman–Crippen LogP) is 4.65. The Balaban J connectivity index is 1.37. The summed E-state index contributed by atoms with van der Waals surface area (Å²) in [5.41, 5.74) is -0.0401. The lowest BCUT2D eigenvalue weighted by Crippen LogP contribution is -2.62. The lowest BCUT2D eigenvalue weighted by Gasteiger charge is -2.60. The van der Waals surface area contributed by atoms with Gasteiger partial charge in [0.25, 0.3) is 0 Å². The summed E-state index contributed by atoms with van der Waals surface area (Å²) >= 11 is 0. The van der Waals surface area contributed by atoms with Crippen molar-refractivity contribution in [3.8, 4) is 0 Å². The van der Waals surface area contributed by atoms with Crippen molar-refractivity contribution < 1.29 is 9.84 Å². The zero-order valence-electron chi connectivity index (χ0n) is 16.0. The van der Waals surface area contributed by atoms with E-state index in [2.05, 4.69) is 6.92 Å². The molecule has 0 radical (unpaired) electrons. The van der Waals surface area contributed by atoms with Gasteiger partial charge in [-0.2, -0.15) is 0 Å². The van der Waals surface area contributed by atoms with Crippen LogP contribution in [0.5, 0.6) is 0 Å². The normalized spacial score (nSPS) is 47.3. The highest BCUT2D eigenvalue weighted by Gasteiger charge is 2.61. The van der Waals surface area contributed by atoms with Crippen molar-refractivity contribution in [1.82, 2.24) is 0 Å². The molecule has 1 unspecified atom stereocenters. The van der Waals surface area contributed by atoms with Crippen LogP contribution < -0.4 is 0 Å². The largest absolute Gasteiger partial charge is 0.364 e. The van der Waals surface area contributed by atoms with Crippen LogP contribution in [0.25, 0.3) is 0 Å². The van der Waals surface area contributed by atoms with Crippen LogP contribution in [0.4, 0.5) is 0 Å². The van der Waals surface area contributed by atoms with Crippen LogP contribution in [0.15, 0.2) is 0 Å². The summed E-state index contributed by atoms with van der Waals surface area (Å²) < 4.78 is 6.93. The third-order valence-electron chi connectivity index (χ3n) is 8.88. The standard InChI is InChI=1S/C22H37O2S/c1-21(18-12-16-11-17(14-18)15-19(21)13-16)24-20(23)22(7-3-4-8-22)25-9-5-2-6-10-25/h16-20,23H,2-15H2,1H3/q+1. The fourth-order valence-corrected chi connectivity index (χ4v) is 10.9. The maximum Gasteiger partial charge on any atom is 0.206 e. The van der Waals surface area contributed by atoms with Crippen molar-refractivity contribution in [2.45, 2.75) is 101 Å². The molecule has 142 valence electrons. The molecule has 4 bridgehead atoms. The summed E-state index contributed by atoms with van der Waals surface area (Å²) in [6.45, 7) is 2.38. The number of aliphatic hydroxyl groups excluding tert-OH is 1. The van der Waals surface area contributed by atoms with Crippen molar-refractivity contribution in [2.24, 2.45) is 23.7 Å². The zero-order valence-corrected chi connectivity index (χ0v) is 16.9. The molecule has 1 heterocycles. The third-order valence-corrected chi connectivity index (χ3v) is 12.2. The lowest BCUT2D eigenvalue weighted by atomic mass is 9.50. The number of ether oxygens (including phenoxy) is 1. The quantitative estimate of drug-likeness (QED) is 0.580. The Bertz CT molecular complexity index is 464. The first-order chi connectivity index (χ1) is 12.1. The van der Waals surface area contributed by atoms with Crippen molar-refractivity contribution in [3.05, 3.63) is 0 Å². The van der Waals surface area contributed by atoms with Crippen LogP contribution in [0.1, 0.15) is 84.0 Å².